The van der Waals surface area contributed by atoms with E-state index in [1.54, 1.807) is 7.11 Å². The lowest BCUT2D eigenvalue weighted by atomic mass is 9.63. The molecule has 4 heteroatoms. The Morgan fingerprint density at radius 2 is 2.33 bits per heavy atom. The van der Waals surface area contributed by atoms with Gasteiger partial charge in [0.1, 0.15) is 0 Å². The van der Waals surface area contributed by atoms with Crippen molar-refractivity contribution >= 4 is 5.91 Å². The van der Waals surface area contributed by atoms with Crippen molar-refractivity contribution in [2.24, 2.45) is 17.1 Å². The number of hydrogen-bond acceptors (Lipinski definition) is 3. The van der Waals surface area contributed by atoms with Crippen molar-refractivity contribution in [2.75, 3.05) is 33.4 Å². The monoisotopic (exact) mass is 212 g/mol. The van der Waals surface area contributed by atoms with Crippen molar-refractivity contribution in [3.05, 3.63) is 0 Å². The SMILES string of the molecule is COCC1CN(C(=O)CN)CC12CCC2. The number of rotatable bonds is 3. The van der Waals surface area contributed by atoms with Gasteiger partial charge in [-0.1, -0.05) is 6.42 Å². The Bertz CT molecular complexity index is 251. The first-order chi connectivity index (χ1) is 7.22. The second-order valence-corrected chi connectivity index (χ2v) is 4.85. The van der Waals surface area contributed by atoms with Crippen molar-refractivity contribution in [3.63, 3.8) is 0 Å². The van der Waals surface area contributed by atoms with Crippen LogP contribution in [0.5, 0.6) is 0 Å². The standard InChI is InChI=1S/C11H20N2O2/c1-15-7-9-6-13(10(14)5-12)8-11(9)3-2-4-11/h9H,2-8,12H2,1H3. The molecule has 1 spiro atoms. The Balaban J connectivity index is 2.02. The van der Waals surface area contributed by atoms with E-state index in [9.17, 15) is 4.79 Å². The Hall–Kier alpha value is -0.610. The normalized spacial score (nSPS) is 28.1. The third kappa shape index (κ3) is 1.76. The molecule has 0 aromatic carbocycles. The van der Waals surface area contributed by atoms with Crippen LogP contribution in [0.2, 0.25) is 0 Å². The van der Waals surface area contributed by atoms with Crippen molar-refractivity contribution in [2.45, 2.75) is 19.3 Å². The molecule has 2 fully saturated rings. The number of methoxy groups -OCH3 is 1. The fourth-order valence-corrected chi connectivity index (χ4v) is 2.98. The number of nitrogens with zero attached hydrogens (tertiary/aromatic N) is 1. The number of carbonyl (C=O) groups is 1. The molecule has 0 radical (unpaired) electrons. The van der Waals surface area contributed by atoms with Crippen LogP contribution in [0.3, 0.4) is 0 Å². The van der Waals surface area contributed by atoms with Crippen LogP contribution in [-0.2, 0) is 9.53 Å². The van der Waals surface area contributed by atoms with E-state index >= 15 is 0 Å². The molecule has 1 unspecified atom stereocenters. The molecule has 1 saturated carbocycles. The molecule has 15 heavy (non-hydrogen) atoms. The van der Waals surface area contributed by atoms with Gasteiger partial charge in [-0.15, -0.1) is 0 Å². The van der Waals surface area contributed by atoms with E-state index in [0.29, 0.717) is 11.3 Å². The van der Waals surface area contributed by atoms with Crippen molar-refractivity contribution in [1.29, 1.82) is 0 Å². The van der Waals surface area contributed by atoms with Gasteiger partial charge in [0.2, 0.25) is 5.91 Å². The number of carbonyl (C=O) groups excluding carboxylic acids is 1. The Morgan fingerprint density at radius 1 is 1.60 bits per heavy atom. The first-order valence-electron chi connectivity index (χ1n) is 5.68. The van der Waals surface area contributed by atoms with Crippen molar-refractivity contribution < 1.29 is 9.53 Å². The maximum Gasteiger partial charge on any atom is 0.236 e. The molecule has 0 bridgehead atoms. The van der Waals surface area contributed by atoms with Crippen LogP contribution in [0.15, 0.2) is 0 Å². The molecule has 2 aliphatic rings. The number of ether oxygens (including phenoxy) is 1. The summed E-state index contributed by atoms with van der Waals surface area (Å²) in [6, 6.07) is 0. The Labute approximate surface area is 90.8 Å². The quantitative estimate of drug-likeness (QED) is 0.728. The third-order valence-corrected chi connectivity index (χ3v) is 4.06. The zero-order valence-electron chi connectivity index (χ0n) is 9.37. The largest absolute Gasteiger partial charge is 0.384 e. The lowest BCUT2D eigenvalue weighted by Crippen LogP contribution is -2.40. The highest BCUT2D eigenvalue weighted by molar-refractivity contribution is 5.78. The number of nitrogens with two attached hydrogens (primary N) is 1. The van der Waals surface area contributed by atoms with Gasteiger partial charge in [-0.3, -0.25) is 4.79 Å². The van der Waals surface area contributed by atoms with E-state index in [2.05, 4.69) is 0 Å². The van der Waals surface area contributed by atoms with Gasteiger partial charge in [-0.2, -0.15) is 0 Å². The molecule has 1 amide bonds. The van der Waals surface area contributed by atoms with Crippen LogP contribution in [-0.4, -0.2) is 44.2 Å². The van der Waals surface area contributed by atoms with Crippen LogP contribution in [0.1, 0.15) is 19.3 Å². The summed E-state index contributed by atoms with van der Waals surface area (Å²) in [6.07, 6.45) is 3.79. The van der Waals surface area contributed by atoms with Crippen LogP contribution >= 0.6 is 0 Å². The van der Waals surface area contributed by atoms with Crippen LogP contribution in [0.25, 0.3) is 0 Å². The van der Waals surface area contributed by atoms with E-state index in [0.717, 1.165) is 19.7 Å². The van der Waals surface area contributed by atoms with E-state index in [4.69, 9.17) is 10.5 Å². The number of hydrogen-bond donors (Lipinski definition) is 1. The van der Waals surface area contributed by atoms with Gasteiger partial charge >= 0.3 is 0 Å². The van der Waals surface area contributed by atoms with Gasteiger partial charge in [0.25, 0.3) is 0 Å². The summed E-state index contributed by atoms with van der Waals surface area (Å²) in [7, 11) is 1.74. The molecule has 2 rings (SSSR count). The van der Waals surface area contributed by atoms with Gasteiger partial charge < -0.3 is 15.4 Å². The maximum atomic E-state index is 11.6. The van der Waals surface area contributed by atoms with E-state index in [1.807, 2.05) is 4.90 Å². The van der Waals surface area contributed by atoms with E-state index in [1.165, 1.54) is 19.3 Å². The van der Waals surface area contributed by atoms with Gasteiger partial charge in [0.05, 0.1) is 13.2 Å². The molecule has 1 aliphatic heterocycles. The molecule has 86 valence electrons. The smallest absolute Gasteiger partial charge is 0.236 e. The molecule has 2 N–H and O–H groups in total. The second kappa shape index (κ2) is 4.10. The molecule has 1 saturated heterocycles. The molecular formula is C11H20N2O2. The summed E-state index contributed by atoms with van der Waals surface area (Å²) in [5, 5.41) is 0. The predicted molar refractivity (Wildman–Crippen MR) is 57.3 cm³/mol. The van der Waals surface area contributed by atoms with Gasteiger partial charge in [0.15, 0.2) is 0 Å². The fourth-order valence-electron chi connectivity index (χ4n) is 2.98. The minimum Gasteiger partial charge on any atom is -0.384 e. The summed E-state index contributed by atoms with van der Waals surface area (Å²) >= 11 is 0. The first-order valence-corrected chi connectivity index (χ1v) is 5.68. The summed E-state index contributed by atoms with van der Waals surface area (Å²) in [5.74, 6) is 0.603. The topological polar surface area (TPSA) is 55.6 Å². The van der Waals surface area contributed by atoms with Crippen LogP contribution < -0.4 is 5.73 Å². The van der Waals surface area contributed by atoms with E-state index in [-0.39, 0.29) is 12.5 Å². The van der Waals surface area contributed by atoms with E-state index < -0.39 is 0 Å². The highest BCUT2D eigenvalue weighted by Crippen LogP contribution is 2.51. The highest BCUT2D eigenvalue weighted by atomic mass is 16.5. The summed E-state index contributed by atoms with van der Waals surface area (Å²) < 4.78 is 5.25. The maximum absolute atomic E-state index is 11.6. The molecular weight excluding hydrogens is 192 g/mol. The molecule has 0 aromatic rings. The summed E-state index contributed by atoms with van der Waals surface area (Å²) in [5.41, 5.74) is 5.76. The third-order valence-electron chi connectivity index (χ3n) is 4.06. The first kappa shape index (κ1) is 10.9. The molecule has 4 nitrogen and oxygen atoms in total. The number of amides is 1. The molecule has 1 aliphatic carbocycles. The Morgan fingerprint density at radius 3 is 2.80 bits per heavy atom. The van der Waals surface area contributed by atoms with Crippen LogP contribution in [0.4, 0.5) is 0 Å². The minimum absolute atomic E-state index is 0.0832. The fraction of sp³-hybridized carbons (Fsp3) is 0.909. The Kier molecular flexibility index (Phi) is 2.98. The highest BCUT2D eigenvalue weighted by Gasteiger charge is 2.50. The second-order valence-electron chi connectivity index (χ2n) is 4.85. The van der Waals surface area contributed by atoms with Crippen molar-refractivity contribution in [1.82, 2.24) is 4.90 Å². The van der Waals surface area contributed by atoms with Gasteiger partial charge in [-0.25, -0.2) is 0 Å². The summed E-state index contributed by atoms with van der Waals surface area (Å²) in [6.45, 7) is 2.64. The zero-order valence-corrected chi connectivity index (χ0v) is 9.37. The van der Waals surface area contributed by atoms with Gasteiger partial charge in [-0.05, 0) is 18.3 Å². The average Bonchev–Trinajstić information content (AvgIpc) is 2.56. The van der Waals surface area contributed by atoms with Gasteiger partial charge in [0, 0.05) is 26.1 Å². The lowest BCUT2D eigenvalue weighted by Gasteiger charge is -2.42. The molecule has 1 heterocycles. The summed E-state index contributed by atoms with van der Waals surface area (Å²) in [4.78, 5) is 13.5. The average molecular weight is 212 g/mol. The number of likely N-dealkylation sites (tertiary alicyclic amines) is 1. The van der Waals surface area contributed by atoms with Crippen LogP contribution in [0, 0.1) is 11.3 Å². The molecule has 1 atom stereocenters. The van der Waals surface area contributed by atoms with Crippen molar-refractivity contribution in [3.8, 4) is 0 Å². The lowest BCUT2D eigenvalue weighted by molar-refractivity contribution is -0.129. The minimum atomic E-state index is 0.0832. The zero-order chi connectivity index (χ0) is 10.9. The predicted octanol–water partition coefficient (Wildman–Crippen LogP) is 0.220. The molecule has 0 aromatic heterocycles.